The molecule has 2 unspecified atom stereocenters. The van der Waals surface area contributed by atoms with Crippen LogP contribution >= 0.6 is 11.8 Å². The molecule has 0 fully saturated rings. The Balaban J connectivity index is 3.09. The van der Waals surface area contributed by atoms with E-state index in [0.717, 1.165) is 17.8 Å². The van der Waals surface area contributed by atoms with Crippen LogP contribution in [0.1, 0.15) is 24.2 Å². The molecule has 2 atom stereocenters. The first-order valence-electron chi connectivity index (χ1n) is 5.38. The van der Waals surface area contributed by atoms with Crippen molar-refractivity contribution in [1.82, 2.24) is 0 Å². The van der Waals surface area contributed by atoms with Crippen molar-refractivity contribution in [3.8, 4) is 0 Å². The normalized spacial score (nSPS) is 14.1. The Morgan fingerprint density at radius 3 is 2.61 bits per heavy atom. The lowest BCUT2D eigenvalue weighted by Crippen LogP contribution is -2.15. The molecule has 0 amide bonds. The van der Waals surface area contributed by atoms with Gasteiger partial charge in [0.2, 0.25) is 0 Å². The second-order valence-electron chi connectivity index (χ2n) is 3.93. The predicted molar refractivity (Wildman–Crippen MR) is 69.2 cm³/mol. The third-order valence-corrected chi connectivity index (χ3v) is 3.83. The highest BCUT2D eigenvalue weighted by Crippen LogP contribution is 2.31. The summed E-state index contributed by atoms with van der Waals surface area (Å²) in [5, 5.41) is 9.19. The summed E-state index contributed by atoms with van der Waals surface area (Å²) in [5.74, 6) is -1.13. The highest BCUT2D eigenvalue weighted by atomic mass is 32.2. The third kappa shape index (κ3) is 3.36. The number of halogens is 1. The quantitative estimate of drug-likeness (QED) is 0.499. The lowest BCUT2D eigenvalue weighted by atomic mass is 10.2. The van der Waals surface area contributed by atoms with Crippen LogP contribution in [0.3, 0.4) is 0 Å². The van der Waals surface area contributed by atoms with Crippen molar-refractivity contribution < 1.29 is 19.0 Å². The van der Waals surface area contributed by atoms with Gasteiger partial charge in [0.25, 0.3) is 0 Å². The summed E-state index contributed by atoms with van der Waals surface area (Å²) in [7, 11) is 1.23. The largest absolute Gasteiger partial charge is 0.465 e. The van der Waals surface area contributed by atoms with Gasteiger partial charge >= 0.3 is 5.97 Å². The molecule has 0 radical (unpaired) electrons. The van der Waals surface area contributed by atoms with Crippen molar-refractivity contribution in [2.24, 2.45) is 0 Å². The Kier molecular flexibility index (Phi) is 4.98. The van der Waals surface area contributed by atoms with Crippen LogP contribution < -0.4 is 5.73 Å². The van der Waals surface area contributed by atoms with Gasteiger partial charge in [0.1, 0.15) is 5.82 Å². The summed E-state index contributed by atoms with van der Waals surface area (Å²) in [4.78, 5) is 11.7. The van der Waals surface area contributed by atoms with E-state index in [2.05, 4.69) is 4.74 Å². The number of anilines is 1. The van der Waals surface area contributed by atoms with Gasteiger partial charge < -0.3 is 15.6 Å². The van der Waals surface area contributed by atoms with Crippen LogP contribution in [0.4, 0.5) is 10.1 Å². The van der Waals surface area contributed by atoms with E-state index in [1.54, 1.807) is 13.8 Å². The molecule has 6 heteroatoms. The fourth-order valence-electron chi connectivity index (χ4n) is 1.24. The molecular formula is C12H16FNO3S. The van der Waals surface area contributed by atoms with E-state index in [1.165, 1.54) is 13.2 Å². The Hall–Kier alpha value is -1.27. The first kappa shape index (κ1) is 14.8. The number of rotatable bonds is 4. The van der Waals surface area contributed by atoms with Gasteiger partial charge in [-0.15, -0.1) is 11.8 Å². The molecule has 1 rings (SSSR count). The van der Waals surface area contributed by atoms with Crippen molar-refractivity contribution in [3.63, 3.8) is 0 Å². The van der Waals surface area contributed by atoms with Crippen molar-refractivity contribution in [2.45, 2.75) is 30.1 Å². The van der Waals surface area contributed by atoms with E-state index in [-0.39, 0.29) is 21.4 Å². The smallest absolute Gasteiger partial charge is 0.339 e. The fourth-order valence-corrected chi connectivity index (χ4v) is 2.20. The molecule has 0 aliphatic carbocycles. The van der Waals surface area contributed by atoms with E-state index in [9.17, 15) is 14.3 Å². The van der Waals surface area contributed by atoms with Crippen LogP contribution in [0, 0.1) is 5.82 Å². The van der Waals surface area contributed by atoms with Gasteiger partial charge in [-0.2, -0.15) is 0 Å². The fraction of sp³-hybridized carbons (Fsp3) is 0.417. The van der Waals surface area contributed by atoms with Gasteiger partial charge in [-0.25, -0.2) is 9.18 Å². The molecule has 1 aromatic rings. The molecule has 0 heterocycles. The zero-order chi connectivity index (χ0) is 13.9. The molecule has 0 bridgehead atoms. The number of hydrogen-bond acceptors (Lipinski definition) is 5. The number of methoxy groups -OCH3 is 1. The molecule has 0 aromatic heterocycles. The maximum atomic E-state index is 13.7. The Morgan fingerprint density at radius 1 is 1.50 bits per heavy atom. The van der Waals surface area contributed by atoms with Crippen LogP contribution in [0.15, 0.2) is 17.0 Å². The zero-order valence-corrected chi connectivity index (χ0v) is 11.3. The van der Waals surface area contributed by atoms with E-state index in [0.29, 0.717) is 0 Å². The summed E-state index contributed by atoms with van der Waals surface area (Å²) >= 11 is 1.14. The van der Waals surface area contributed by atoms with Crippen LogP contribution in [0.2, 0.25) is 0 Å². The minimum Gasteiger partial charge on any atom is -0.465 e. The Morgan fingerprint density at radius 2 is 2.11 bits per heavy atom. The minimum atomic E-state index is -0.612. The predicted octanol–water partition coefficient (Wildman–Crippen LogP) is 2.06. The molecular weight excluding hydrogens is 257 g/mol. The number of benzene rings is 1. The van der Waals surface area contributed by atoms with Gasteiger partial charge in [0.05, 0.1) is 18.8 Å². The molecule has 1 aromatic carbocycles. The lowest BCUT2D eigenvalue weighted by Gasteiger charge is -2.15. The van der Waals surface area contributed by atoms with Crippen LogP contribution in [-0.4, -0.2) is 29.5 Å². The Labute approximate surface area is 109 Å². The summed E-state index contributed by atoms with van der Waals surface area (Å²) < 4.78 is 18.3. The molecule has 18 heavy (non-hydrogen) atoms. The summed E-state index contributed by atoms with van der Waals surface area (Å²) in [6, 6.07) is 2.43. The topological polar surface area (TPSA) is 72.5 Å². The number of ether oxygens (including phenoxy) is 1. The number of carbonyl (C=O) groups excluding carboxylic acids is 1. The highest BCUT2D eigenvalue weighted by Gasteiger charge is 2.18. The van der Waals surface area contributed by atoms with E-state index >= 15 is 0 Å². The van der Waals surface area contributed by atoms with Crippen molar-refractivity contribution >= 4 is 23.4 Å². The molecule has 0 saturated heterocycles. The second kappa shape index (κ2) is 6.06. The van der Waals surface area contributed by atoms with Crippen molar-refractivity contribution in [2.75, 3.05) is 12.8 Å². The van der Waals surface area contributed by atoms with Crippen LogP contribution in [-0.2, 0) is 4.74 Å². The molecule has 4 nitrogen and oxygen atoms in total. The first-order chi connectivity index (χ1) is 8.36. The summed E-state index contributed by atoms with van der Waals surface area (Å²) in [5.41, 5.74) is 5.72. The number of thioether (sulfide) groups is 1. The van der Waals surface area contributed by atoms with Gasteiger partial charge in [0, 0.05) is 15.8 Å². The van der Waals surface area contributed by atoms with Gasteiger partial charge in [-0.05, 0) is 19.1 Å². The van der Waals surface area contributed by atoms with Crippen molar-refractivity contribution in [3.05, 3.63) is 23.5 Å². The number of carbonyl (C=O) groups is 1. The lowest BCUT2D eigenvalue weighted by molar-refractivity contribution is 0.0601. The van der Waals surface area contributed by atoms with Gasteiger partial charge in [0.15, 0.2) is 0 Å². The van der Waals surface area contributed by atoms with Crippen molar-refractivity contribution in [1.29, 1.82) is 0 Å². The van der Waals surface area contributed by atoms with Gasteiger partial charge in [-0.1, -0.05) is 6.92 Å². The SMILES string of the molecule is COC(=O)c1cc(SC(C)C(C)O)c(F)cc1N. The molecule has 0 aliphatic heterocycles. The molecule has 0 spiro atoms. The van der Waals surface area contributed by atoms with E-state index in [4.69, 9.17) is 5.73 Å². The van der Waals surface area contributed by atoms with Crippen LogP contribution in [0.5, 0.6) is 0 Å². The minimum absolute atomic E-state index is 0.0356. The van der Waals surface area contributed by atoms with E-state index in [1.807, 2.05) is 0 Å². The maximum Gasteiger partial charge on any atom is 0.339 e. The Bertz CT molecular complexity index is 451. The standard InChI is InChI=1S/C12H16FNO3S/c1-6(15)7(2)18-11-4-8(12(16)17-3)10(14)5-9(11)13/h4-7,15H,14H2,1-3H3. The number of nitrogens with two attached hydrogens (primary N) is 1. The monoisotopic (exact) mass is 273 g/mol. The maximum absolute atomic E-state index is 13.7. The number of hydrogen-bond donors (Lipinski definition) is 2. The number of esters is 1. The number of aliphatic hydroxyl groups is 1. The number of nitrogen functional groups attached to an aromatic ring is 1. The zero-order valence-electron chi connectivity index (χ0n) is 10.4. The second-order valence-corrected chi connectivity index (χ2v) is 5.34. The average molecular weight is 273 g/mol. The molecule has 100 valence electrons. The third-order valence-electron chi connectivity index (χ3n) is 2.50. The van der Waals surface area contributed by atoms with Crippen LogP contribution in [0.25, 0.3) is 0 Å². The first-order valence-corrected chi connectivity index (χ1v) is 6.26. The molecule has 0 aliphatic rings. The van der Waals surface area contributed by atoms with Gasteiger partial charge in [-0.3, -0.25) is 0 Å². The summed E-state index contributed by atoms with van der Waals surface area (Å²) in [6.45, 7) is 3.39. The molecule has 0 saturated carbocycles. The highest BCUT2D eigenvalue weighted by molar-refractivity contribution is 8.00. The summed E-state index contributed by atoms with van der Waals surface area (Å²) in [6.07, 6.45) is -0.589. The average Bonchev–Trinajstić information content (AvgIpc) is 2.31. The number of aliphatic hydroxyl groups excluding tert-OH is 1. The molecule has 3 N–H and O–H groups in total. The van der Waals surface area contributed by atoms with E-state index < -0.39 is 17.9 Å².